The Balaban J connectivity index is 1.34. The number of carbonyl (C=O) groups excluding carboxylic acids is 2. The van der Waals surface area contributed by atoms with Gasteiger partial charge in [-0.15, -0.1) is 0 Å². The molecule has 0 atom stereocenters. The van der Waals surface area contributed by atoms with Crippen molar-refractivity contribution in [1.82, 2.24) is 4.57 Å². The molecule has 2 saturated carbocycles. The van der Waals surface area contributed by atoms with Gasteiger partial charge in [0.25, 0.3) is 0 Å². The Morgan fingerprint density at radius 1 is 1.05 bits per heavy atom. The van der Waals surface area contributed by atoms with E-state index in [1.165, 1.54) is 13.3 Å². The lowest BCUT2D eigenvalue weighted by molar-refractivity contribution is -0.121. The average Bonchev–Trinajstić information content (AvgIpc) is 3.80. The fourth-order valence-electron chi connectivity index (χ4n) is 5.81. The number of pyridine rings is 1. The Labute approximate surface area is 238 Å². The number of halogens is 1. The van der Waals surface area contributed by atoms with Gasteiger partial charge in [0.1, 0.15) is 17.0 Å². The molecule has 0 radical (unpaired) electrons. The smallest absolute Gasteiger partial charge is 0.343 e. The van der Waals surface area contributed by atoms with E-state index in [-0.39, 0.29) is 46.9 Å². The zero-order chi connectivity index (χ0) is 29.3. The molecule has 1 aromatic heterocycles. The summed E-state index contributed by atoms with van der Waals surface area (Å²) in [6, 6.07) is 7.20. The van der Waals surface area contributed by atoms with Gasteiger partial charge in [-0.25, -0.2) is 9.18 Å². The Bertz CT molecular complexity index is 1520. The Morgan fingerprint density at radius 2 is 1.73 bits per heavy atom. The highest BCUT2D eigenvalue weighted by Crippen LogP contribution is 2.43. The van der Waals surface area contributed by atoms with Crippen LogP contribution in [0.25, 0.3) is 10.9 Å². The normalized spacial score (nSPS) is 18.7. The van der Waals surface area contributed by atoms with Gasteiger partial charge >= 0.3 is 5.97 Å². The number of aromatic nitrogens is 1. The quantitative estimate of drug-likeness (QED) is 0.316. The summed E-state index contributed by atoms with van der Waals surface area (Å²) in [7, 11) is 1.38. The van der Waals surface area contributed by atoms with E-state index in [1.54, 1.807) is 11.5 Å². The summed E-state index contributed by atoms with van der Waals surface area (Å²) in [5, 5.41) is 2.78. The van der Waals surface area contributed by atoms with E-state index in [4.69, 9.17) is 14.2 Å². The van der Waals surface area contributed by atoms with Gasteiger partial charge in [-0.05, 0) is 82.4 Å². The van der Waals surface area contributed by atoms with Crippen molar-refractivity contribution < 1.29 is 28.2 Å². The number of esters is 1. The molecule has 3 aromatic rings. The monoisotopic (exact) mass is 564 g/mol. The third-order valence-electron chi connectivity index (χ3n) is 8.20. The lowest BCUT2D eigenvalue weighted by atomic mass is 9.82. The summed E-state index contributed by atoms with van der Waals surface area (Å²) in [5.41, 5.74) is 1.69. The number of benzene rings is 2. The molecule has 1 N–H and O–H groups in total. The molecule has 1 heterocycles. The van der Waals surface area contributed by atoms with E-state index in [2.05, 4.69) is 5.32 Å². The van der Waals surface area contributed by atoms with Gasteiger partial charge < -0.3 is 24.1 Å². The number of carbonyl (C=O) groups is 2. The molecular weight excluding hydrogens is 527 g/mol. The number of nitrogens with one attached hydrogen (secondary N) is 1. The van der Waals surface area contributed by atoms with Crippen LogP contribution in [-0.4, -0.2) is 36.8 Å². The standard InChI is InChI=1S/C32H37FN2O6/c1-5-40-32(38)24-16-35(22-13-14-22)27-23(28(24)36)15-25(33)26(30(27)39-4)34-31(37)21-11-9-20(10-12-21)17-41-29-18(2)7-6-8-19(29)3/h6-8,15-16,20-22H,5,9-14,17H2,1-4H3,(H,34,37). The number of aryl methyl sites for hydroxylation is 2. The van der Waals surface area contributed by atoms with Crippen LogP contribution in [0.5, 0.6) is 11.5 Å². The molecule has 41 heavy (non-hydrogen) atoms. The second-order valence-electron chi connectivity index (χ2n) is 11.1. The largest absolute Gasteiger partial charge is 0.493 e. The number of hydrogen-bond donors (Lipinski definition) is 1. The van der Waals surface area contributed by atoms with E-state index in [9.17, 15) is 14.4 Å². The molecule has 8 nitrogen and oxygen atoms in total. The summed E-state index contributed by atoms with van der Waals surface area (Å²) >= 11 is 0. The number of amides is 1. The van der Waals surface area contributed by atoms with Gasteiger partial charge in [-0.3, -0.25) is 9.59 Å². The van der Waals surface area contributed by atoms with Gasteiger partial charge in [0, 0.05) is 18.2 Å². The second kappa shape index (κ2) is 11.9. The average molecular weight is 565 g/mol. The molecule has 2 aliphatic carbocycles. The van der Waals surface area contributed by atoms with Crippen LogP contribution in [0.2, 0.25) is 0 Å². The van der Waals surface area contributed by atoms with Gasteiger partial charge in [-0.2, -0.15) is 0 Å². The number of nitrogens with zero attached hydrogens (tertiary/aromatic N) is 1. The summed E-state index contributed by atoms with van der Waals surface area (Å²) in [4.78, 5) is 39.0. The maximum atomic E-state index is 15.5. The molecule has 2 aromatic carbocycles. The minimum atomic E-state index is -0.793. The van der Waals surface area contributed by atoms with E-state index in [0.29, 0.717) is 30.9 Å². The Hall–Kier alpha value is -3.88. The first-order chi connectivity index (χ1) is 19.7. The lowest BCUT2D eigenvalue weighted by Gasteiger charge is -2.28. The molecule has 0 bridgehead atoms. The van der Waals surface area contributed by atoms with Gasteiger partial charge in [-0.1, -0.05) is 18.2 Å². The van der Waals surface area contributed by atoms with Crippen molar-refractivity contribution in [3.8, 4) is 11.5 Å². The van der Waals surface area contributed by atoms with E-state index < -0.39 is 17.2 Å². The van der Waals surface area contributed by atoms with Crippen LogP contribution in [0.3, 0.4) is 0 Å². The fourth-order valence-corrected chi connectivity index (χ4v) is 5.81. The first kappa shape index (κ1) is 28.6. The molecule has 5 rings (SSSR count). The SMILES string of the molecule is CCOC(=O)c1cn(C2CC2)c2c(OC)c(NC(=O)C3CCC(COc4c(C)cccc4C)CC3)c(F)cc2c1=O. The summed E-state index contributed by atoms with van der Waals surface area (Å²) in [5.74, 6) is -0.762. The van der Waals surface area contributed by atoms with Crippen molar-refractivity contribution >= 4 is 28.5 Å². The molecule has 0 unspecified atom stereocenters. The predicted octanol–water partition coefficient (Wildman–Crippen LogP) is 6.10. The van der Waals surface area contributed by atoms with Crippen molar-refractivity contribution in [2.24, 2.45) is 11.8 Å². The predicted molar refractivity (Wildman–Crippen MR) is 154 cm³/mol. The van der Waals surface area contributed by atoms with Crippen molar-refractivity contribution in [2.45, 2.75) is 65.3 Å². The van der Waals surface area contributed by atoms with Gasteiger partial charge in [0.2, 0.25) is 11.3 Å². The van der Waals surface area contributed by atoms with Crippen molar-refractivity contribution in [1.29, 1.82) is 0 Å². The highest BCUT2D eigenvalue weighted by molar-refractivity contribution is 6.01. The van der Waals surface area contributed by atoms with Crippen molar-refractivity contribution in [3.63, 3.8) is 0 Å². The molecule has 0 aliphatic heterocycles. The van der Waals surface area contributed by atoms with Crippen LogP contribution < -0.4 is 20.2 Å². The third kappa shape index (κ3) is 5.80. The molecule has 2 aliphatic rings. The number of methoxy groups -OCH3 is 1. The first-order valence-corrected chi connectivity index (χ1v) is 14.4. The molecule has 0 saturated heterocycles. The van der Waals surface area contributed by atoms with E-state index in [0.717, 1.165) is 48.6 Å². The second-order valence-corrected chi connectivity index (χ2v) is 11.1. The van der Waals surface area contributed by atoms with Crippen LogP contribution >= 0.6 is 0 Å². The molecule has 218 valence electrons. The number of hydrogen-bond acceptors (Lipinski definition) is 6. The molecule has 0 spiro atoms. The van der Waals surface area contributed by atoms with Crippen LogP contribution in [0.15, 0.2) is 35.3 Å². The highest BCUT2D eigenvalue weighted by Gasteiger charge is 2.32. The van der Waals surface area contributed by atoms with Gasteiger partial charge in [0.15, 0.2) is 11.6 Å². The Morgan fingerprint density at radius 3 is 2.34 bits per heavy atom. The zero-order valence-electron chi connectivity index (χ0n) is 24.1. The topological polar surface area (TPSA) is 95.9 Å². The lowest BCUT2D eigenvalue weighted by Crippen LogP contribution is -2.29. The van der Waals surface area contributed by atoms with Crippen LogP contribution in [-0.2, 0) is 9.53 Å². The summed E-state index contributed by atoms with van der Waals surface area (Å²) < 4.78 is 34.1. The van der Waals surface area contributed by atoms with E-state index >= 15 is 4.39 Å². The number of anilines is 1. The number of fused-ring (bicyclic) bond motifs is 1. The van der Waals surface area contributed by atoms with Crippen LogP contribution in [0.1, 0.15) is 73.0 Å². The summed E-state index contributed by atoms with van der Waals surface area (Å²) in [6.07, 6.45) is 6.15. The molecule has 9 heteroatoms. The van der Waals surface area contributed by atoms with Crippen LogP contribution in [0, 0.1) is 31.5 Å². The third-order valence-corrected chi connectivity index (χ3v) is 8.20. The molecule has 1 amide bonds. The van der Waals surface area contributed by atoms with Crippen molar-refractivity contribution in [3.05, 3.63) is 63.2 Å². The van der Waals surface area contributed by atoms with E-state index in [1.807, 2.05) is 32.0 Å². The molecular formula is C32H37FN2O6. The molecule has 2 fully saturated rings. The number of para-hydroxylation sites is 1. The summed E-state index contributed by atoms with van der Waals surface area (Å²) in [6.45, 7) is 6.44. The minimum Gasteiger partial charge on any atom is -0.493 e. The van der Waals surface area contributed by atoms with Crippen LogP contribution in [0.4, 0.5) is 10.1 Å². The van der Waals surface area contributed by atoms with Crippen molar-refractivity contribution in [2.75, 3.05) is 25.6 Å². The zero-order valence-corrected chi connectivity index (χ0v) is 24.1. The maximum Gasteiger partial charge on any atom is 0.343 e. The number of ether oxygens (including phenoxy) is 3. The Kier molecular flexibility index (Phi) is 8.33. The maximum absolute atomic E-state index is 15.5. The number of rotatable bonds is 9. The fraction of sp³-hybridized carbons (Fsp3) is 0.469. The van der Waals surface area contributed by atoms with Gasteiger partial charge in [0.05, 0.1) is 31.2 Å². The highest BCUT2D eigenvalue weighted by atomic mass is 19.1. The minimum absolute atomic E-state index is 0.0131. The first-order valence-electron chi connectivity index (χ1n) is 14.4.